The summed E-state index contributed by atoms with van der Waals surface area (Å²) in [5.41, 5.74) is 6.87. The standard InChI is InChI=1S/C12H17NO4/c1-16-7-10-8(9(6-13)12(14)15)4-3-5-11(10)17-2/h3-5,9H,6-7,13H2,1-2H3,(H,14,15). The molecule has 0 amide bonds. The van der Waals surface area contributed by atoms with E-state index in [-0.39, 0.29) is 6.54 Å². The van der Waals surface area contributed by atoms with Crippen LogP contribution in [0.5, 0.6) is 5.75 Å². The molecule has 1 aromatic carbocycles. The highest BCUT2D eigenvalue weighted by Gasteiger charge is 2.22. The van der Waals surface area contributed by atoms with Crippen LogP contribution < -0.4 is 10.5 Å². The van der Waals surface area contributed by atoms with Crippen molar-refractivity contribution < 1.29 is 19.4 Å². The van der Waals surface area contributed by atoms with Crippen molar-refractivity contribution in [3.63, 3.8) is 0 Å². The number of carbonyl (C=O) groups is 1. The van der Waals surface area contributed by atoms with Gasteiger partial charge in [-0.2, -0.15) is 0 Å². The molecule has 0 spiro atoms. The van der Waals surface area contributed by atoms with Crippen LogP contribution in [0.4, 0.5) is 0 Å². The van der Waals surface area contributed by atoms with Gasteiger partial charge in [-0.15, -0.1) is 0 Å². The lowest BCUT2D eigenvalue weighted by Crippen LogP contribution is -2.22. The van der Waals surface area contributed by atoms with Crippen LogP contribution >= 0.6 is 0 Å². The van der Waals surface area contributed by atoms with E-state index in [1.807, 2.05) is 0 Å². The van der Waals surface area contributed by atoms with E-state index in [1.54, 1.807) is 25.3 Å². The number of carboxylic acid groups (broad SMARTS) is 1. The highest BCUT2D eigenvalue weighted by molar-refractivity contribution is 5.77. The molecule has 5 nitrogen and oxygen atoms in total. The second-order valence-corrected chi connectivity index (χ2v) is 3.59. The van der Waals surface area contributed by atoms with E-state index in [4.69, 9.17) is 20.3 Å². The Hall–Kier alpha value is -1.59. The fourth-order valence-corrected chi connectivity index (χ4v) is 1.76. The molecule has 1 unspecified atom stereocenters. The predicted octanol–water partition coefficient (Wildman–Crippen LogP) is 0.969. The van der Waals surface area contributed by atoms with Crippen molar-refractivity contribution in [1.82, 2.24) is 0 Å². The Morgan fingerprint density at radius 3 is 2.65 bits per heavy atom. The number of ether oxygens (including phenoxy) is 2. The number of rotatable bonds is 6. The van der Waals surface area contributed by atoms with Gasteiger partial charge in [0.25, 0.3) is 0 Å². The summed E-state index contributed by atoms with van der Waals surface area (Å²) < 4.78 is 10.3. The molecule has 3 N–H and O–H groups in total. The minimum Gasteiger partial charge on any atom is -0.496 e. The maximum Gasteiger partial charge on any atom is 0.312 e. The zero-order valence-corrected chi connectivity index (χ0v) is 9.97. The lowest BCUT2D eigenvalue weighted by molar-refractivity contribution is -0.138. The van der Waals surface area contributed by atoms with Gasteiger partial charge >= 0.3 is 5.97 Å². The Morgan fingerprint density at radius 2 is 2.18 bits per heavy atom. The molecule has 94 valence electrons. The van der Waals surface area contributed by atoms with Crippen molar-refractivity contribution in [2.45, 2.75) is 12.5 Å². The quantitative estimate of drug-likeness (QED) is 0.773. The van der Waals surface area contributed by atoms with E-state index < -0.39 is 11.9 Å². The summed E-state index contributed by atoms with van der Waals surface area (Å²) in [7, 11) is 3.09. The van der Waals surface area contributed by atoms with Gasteiger partial charge in [-0.05, 0) is 11.6 Å². The van der Waals surface area contributed by atoms with Gasteiger partial charge in [0.05, 0.1) is 19.6 Å². The van der Waals surface area contributed by atoms with Crippen LogP contribution in [-0.2, 0) is 16.1 Å². The first-order chi connectivity index (χ1) is 8.15. The molecule has 0 saturated heterocycles. The lowest BCUT2D eigenvalue weighted by atomic mass is 9.94. The Bertz CT molecular complexity index is 392. The largest absolute Gasteiger partial charge is 0.496 e. The third kappa shape index (κ3) is 2.95. The monoisotopic (exact) mass is 239 g/mol. The van der Waals surface area contributed by atoms with Crippen LogP contribution in [0.1, 0.15) is 17.0 Å². The molecule has 1 rings (SSSR count). The first-order valence-electron chi connectivity index (χ1n) is 5.23. The van der Waals surface area contributed by atoms with E-state index in [0.29, 0.717) is 17.9 Å². The minimum atomic E-state index is -0.946. The second-order valence-electron chi connectivity index (χ2n) is 3.59. The zero-order valence-electron chi connectivity index (χ0n) is 9.97. The van der Waals surface area contributed by atoms with Crippen molar-refractivity contribution in [3.05, 3.63) is 29.3 Å². The smallest absolute Gasteiger partial charge is 0.312 e. The number of benzene rings is 1. The number of carboxylic acids is 1. The predicted molar refractivity (Wildman–Crippen MR) is 63.1 cm³/mol. The molecule has 0 heterocycles. The lowest BCUT2D eigenvalue weighted by Gasteiger charge is -2.17. The van der Waals surface area contributed by atoms with Gasteiger partial charge in [0.2, 0.25) is 0 Å². The fourth-order valence-electron chi connectivity index (χ4n) is 1.76. The third-order valence-electron chi connectivity index (χ3n) is 2.59. The van der Waals surface area contributed by atoms with Crippen LogP contribution in [0.2, 0.25) is 0 Å². The summed E-state index contributed by atoms with van der Waals surface area (Å²) in [4.78, 5) is 11.1. The molecule has 0 aromatic heterocycles. The molecule has 17 heavy (non-hydrogen) atoms. The Balaban J connectivity index is 3.25. The molecule has 0 saturated carbocycles. The van der Waals surface area contributed by atoms with Crippen LogP contribution in [0.15, 0.2) is 18.2 Å². The molecule has 0 aliphatic heterocycles. The van der Waals surface area contributed by atoms with Gasteiger partial charge in [0.15, 0.2) is 0 Å². The molecular weight excluding hydrogens is 222 g/mol. The third-order valence-corrected chi connectivity index (χ3v) is 2.59. The number of hydrogen-bond donors (Lipinski definition) is 2. The molecule has 5 heteroatoms. The topological polar surface area (TPSA) is 81.8 Å². The summed E-state index contributed by atoms with van der Waals surface area (Å²) in [5.74, 6) is -1.07. The van der Waals surface area contributed by atoms with Crippen molar-refractivity contribution in [1.29, 1.82) is 0 Å². The number of nitrogens with two attached hydrogens (primary N) is 1. The van der Waals surface area contributed by atoms with Crippen LogP contribution in [-0.4, -0.2) is 31.8 Å². The van der Waals surface area contributed by atoms with Crippen molar-refractivity contribution in [2.75, 3.05) is 20.8 Å². The average Bonchev–Trinajstić information content (AvgIpc) is 2.31. The van der Waals surface area contributed by atoms with Crippen LogP contribution in [0, 0.1) is 0 Å². The number of methoxy groups -OCH3 is 2. The van der Waals surface area contributed by atoms with Gasteiger partial charge in [0, 0.05) is 19.2 Å². The normalized spacial score (nSPS) is 12.2. The minimum absolute atomic E-state index is 0.0409. The van der Waals surface area contributed by atoms with Gasteiger partial charge in [-0.1, -0.05) is 12.1 Å². The van der Waals surface area contributed by atoms with Crippen molar-refractivity contribution in [2.24, 2.45) is 5.73 Å². The Labute approximate surface area is 100 Å². The zero-order chi connectivity index (χ0) is 12.8. The second kappa shape index (κ2) is 6.22. The van der Waals surface area contributed by atoms with Crippen LogP contribution in [0.25, 0.3) is 0 Å². The Kier molecular flexibility index (Phi) is 4.93. The molecule has 0 bridgehead atoms. The van der Waals surface area contributed by atoms with Gasteiger partial charge < -0.3 is 20.3 Å². The number of aliphatic carboxylic acids is 1. The summed E-state index contributed by atoms with van der Waals surface area (Å²) in [6.45, 7) is 0.336. The van der Waals surface area contributed by atoms with Crippen molar-refractivity contribution in [3.8, 4) is 5.75 Å². The van der Waals surface area contributed by atoms with Crippen molar-refractivity contribution >= 4 is 5.97 Å². The van der Waals surface area contributed by atoms with E-state index in [1.165, 1.54) is 7.11 Å². The molecular formula is C12H17NO4. The van der Waals surface area contributed by atoms with E-state index >= 15 is 0 Å². The average molecular weight is 239 g/mol. The highest BCUT2D eigenvalue weighted by atomic mass is 16.5. The first-order valence-corrected chi connectivity index (χ1v) is 5.23. The summed E-state index contributed by atoms with van der Waals surface area (Å²) in [6.07, 6.45) is 0. The molecule has 0 aliphatic carbocycles. The molecule has 0 aliphatic rings. The first kappa shape index (κ1) is 13.5. The van der Waals surface area contributed by atoms with E-state index in [9.17, 15) is 4.79 Å². The van der Waals surface area contributed by atoms with Crippen LogP contribution in [0.3, 0.4) is 0 Å². The van der Waals surface area contributed by atoms with Gasteiger partial charge in [0.1, 0.15) is 5.75 Å². The maximum absolute atomic E-state index is 11.1. The van der Waals surface area contributed by atoms with Gasteiger partial charge in [-0.25, -0.2) is 0 Å². The summed E-state index contributed by atoms with van der Waals surface area (Å²) >= 11 is 0. The maximum atomic E-state index is 11.1. The Morgan fingerprint density at radius 1 is 1.47 bits per heavy atom. The fraction of sp³-hybridized carbons (Fsp3) is 0.417. The van der Waals surface area contributed by atoms with E-state index in [2.05, 4.69) is 0 Å². The van der Waals surface area contributed by atoms with Gasteiger partial charge in [-0.3, -0.25) is 4.79 Å². The molecule has 1 aromatic rings. The SMILES string of the molecule is COCc1c(OC)cccc1C(CN)C(=O)O. The summed E-state index contributed by atoms with van der Waals surface area (Å²) in [6, 6.07) is 5.26. The number of hydrogen-bond acceptors (Lipinski definition) is 4. The molecule has 0 fully saturated rings. The highest BCUT2D eigenvalue weighted by Crippen LogP contribution is 2.28. The molecule has 1 atom stereocenters. The van der Waals surface area contributed by atoms with E-state index in [0.717, 1.165) is 5.56 Å². The summed E-state index contributed by atoms with van der Waals surface area (Å²) in [5, 5.41) is 9.12. The molecule has 0 radical (unpaired) electrons.